The van der Waals surface area contributed by atoms with E-state index in [1.165, 1.54) is 12.8 Å². The van der Waals surface area contributed by atoms with E-state index in [-0.39, 0.29) is 0 Å². The molecule has 1 fully saturated rings. The highest BCUT2D eigenvalue weighted by molar-refractivity contribution is 5.36. The summed E-state index contributed by atoms with van der Waals surface area (Å²) < 4.78 is 7.84. The Morgan fingerprint density at radius 3 is 3.00 bits per heavy atom. The first-order valence-corrected chi connectivity index (χ1v) is 8.87. The summed E-state index contributed by atoms with van der Waals surface area (Å²) in [6, 6.07) is 9.47. The number of aryl methyl sites for hydroxylation is 2. The maximum absolute atomic E-state index is 8.94. The Hall–Kier alpha value is -2.39. The van der Waals surface area contributed by atoms with Crippen molar-refractivity contribution < 1.29 is 4.74 Å². The predicted octanol–water partition coefficient (Wildman–Crippen LogP) is 2.56. The van der Waals surface area contributed by atoms with Crippen LogP contribution in [0.4, 0.5) is 0 Å². The number of nitrogens with zero attached hydrogens (tertiary/aromatic N) is 5. The third-order valence-electron chi connectivity index (χ3n) is 4.64. The zero-order valence-corrected chi connectivity index (χ0v) is 15.0. The van der Waals surface area contributed by atoms with Crippen molar-refractivity contribution in [3.8, 4) is 11.8 Å². The summed E-state index contributed by atoms with van der Waals surface area (Å²) in [5, 5.41) is 13.4. The van der Waals surface area contributed by atoms with E-state index < -0.39 is 0 Å². The Bertz CT molecular complexity index is 749. The summed E-state index contributed by atoms with van der Waals surface area (Å²) >= 11 is 0. The van der Waals surface area contributed by atoms with Gasteiger partial charge >= 0.3 is 0 Å². The van der Waals surface area contributed by atoms with E-state index in [1.54, 1.807) is 12.1 Å². The van der Waals surface area contributed by atoms with E-state index in [4.69, 9.17) is 10.00 Å². The predicted molar refractivity (Wildman–Crippen MR) is 95.3 cm³/mol. The van der Waals surface area contributed by atoms with Crippen molar-refractivity contribution in [2.75, 3.05) is 26.2 Å². The first-order valence-electron chi connectivity index (χ1n) is 8.87. The van der Waals surface area contributed by atoms with Gasteiger partial charge in [0.05, 0.1) is 11.6 Å². The topological polar surface area (TPSA) is 67.0 Å². The Morgan fingerprint density at radius 1 is 1.36 bits per heavy atom. The molecular weight excluding hydrogens is 314 g/mol. The fraction of sp³-hybridized carbons (Fsp3) is 0.526. The smallest absolute Gasteiger partial charge is 0.147 e. The van der Waals surface area contributed by atoms with Gasteiger partial charge in [0.25, 0.3) is 0 Å². The van der Waals surface area contributed by atoms with Crippen LogP contribution < -0.4 is 4.74 Å². The molecule has 6 heteroatoms. The normalized spacial score (nSPS) is 18.0. The molecule has 3 rings (SSSR count). The quantitative estimate of drug-likeness (QED) is 0.809. The van der Waals surface area contributed by atoms with Crippen molar-refractivity contribution in [1.82, 2.24) is 19.7 Å². The van der Waals surface area contributed by atoms with Crippen LogP contribution in [0.2, 0.25) is 0 Å². The van der Waals surface area contributed by atoms with Gasteiger partial charge in [-0.15, -0.1) is 0 Å². The molecule has 0 bridgehead atoms. The van der Waals surface area contributed by atoms with Gasteiger partial charge < -0.3 is 4.74 Å². The molecule has 2 heterocycles. The van der Waals surface area contributed by atoms with E-state index in [0.29, 0.717) is 18.1 Å². The van der Waals surface area contributed by atoms with Crippen LogP contribution in [0.1, 0.15) is 30.1 Å². The number of ether oxygens (including phenoxy) is 1. The van der Waals surface area contributed by atoms with Gasteiger partial charge in [-0.1, -0.05) is 6.07 Å². The van der Waals surface area contributed by atoms with Gasteiger partial charge in [0.1, 0.15) is 24.0 Å². The number of aromatic nitrogens is 3. The van der Waals surface area contributed by atoms with Crippen LogP contribution in [-0.2, 0) is 6.54 Å². The summed E-state index contributed by atoms with van der Waals surface area (Å²) in [5.41, 5.74) is 0.633. The molecule has 132 valence electrons. The third-order valence-corrected chi connectivity index (χ3v) is 4.64. The SMILES string of the molecule is Cc1nc(C)n(C[C@@H]2CCCN(CCOc3cccc(C#N)c3)C2)n1. The number of nitriles is 1. The second-order valence-corrected chi connectivity index (χ2v) is 6.69. The van der Waals surface area contributed by atoms with E-state index >= 15 is 0 Å². The largest absolute Gasteiger partial charge is 0.492 e. The number of rotatable bonds is 6. The van der Waals surface area contributed by atoms with Crippen LogP contribution >= 0.6 is 0 Å². The molecule has 0 aliphatic carbocycles. The van der Waals surface area contributed by atoms with Gasteiger partial charge in [0.15, 0.2) is 0 Å². The third kappa shape index (κ3) is 4.80. The molecule has 0 saturated carbocycles. The lowest BCUT2D eigenvalue weighted by Crippen LogP contribution is -2.39. The lowest BCUT2D eigenvalue weighted by atomic mass is 9.98. The molecule has 1 aromatic heterocycles. The second kappa shape index (κ2) is 8.13. The highest BCUT2D eigenvalue weighted by atomic mass is 16.5. The van der Waals surface area contributed by atoms with Gasteiger partial charge in [0, 0.05) is 19.6 Å². The first-order chi connectivity index (χ1) is 12.1. The van der Waals surface area contributed by atoms with Crippen LogP contribution in [0.25, 0.3) is 0 Å². The van der Waals surface area contributed by atoms with E-state index in [0.717, 1.165) is 43.6 Å². The van der Waals surface area contributed by atoms with Crippen molar-refractivity contribution >= 4 is 0 Å². The molecule has 0 radical (unpaired) electrons. The zero-order valence-electron chi connectivity index (χ0n) is 15.0. The number of hydrogen-bond acceptors (Lipinski definition) is 5. The minimum Gasteiger partial charge on any atom is -0.492 e. The molecule has 0 unspecified atom stereocenters. The average Bonchev–Trinajstić information content (AvgIpc) is 2.92. The van der Waals surface area contributed by atoms with Gasteiger partial charge in [-0.05, 0) is 57.4 Å². The minimum absolute atomic E-state index is 0.607. The molecule has 6 nitrogen and oxygen atoms in total. The lowest BCUT2D eigenvalue weighted by Gasteiger charge is -2.32. The van der Waals surface area contributed by atoms with Crippen LogP contribution in [-0.4, -0.2) is 45.9 Å². The Balaban J connectivity index is 1.47. The molecule has 25 heavy (non-hydrogen) atoms. The molecule has 0 spiro atoms. The zero-order chi connectivity index (χ0) is 17.6. The number of piperidine rings is 1. The highest BCUT2D eigenvalue weighted by Gasteiger charge is 2.21. The summed E-state index contributed by atoms with van der Waals surface area (Å²) in [7, 11) is 0. The maximum atomic E-state index is 8.94. The van der Waals surface area contributed by atoms with Gasteiger partial charge in [-0.25, -0.2) is 9.67 Å². The standard InChI is InChI=1S/C19H25N5O/c1-15-21-16(2)24(22-15)14-18-6-4-8-23(13-18)9-10-25-19-7-3-5-17(11-19)12-20/h3,5,7,11,18H,4,6,8-10,13-14H2,1-2H3/t18-/m1/s1. The van der Waals surface area contributed by atoms with Gasteiger partial charge in [-0.2, -0.15) is 10.4 Å². The molecule has 0 N–H and O–H groups in total. The van der Waals surface area contributed by atoms with E-state index in [2.05, 4.69) is 21.1 Å². The maximum Gasteiger partial charge on any atom is 0.147 e. The van der Waals surface area contributed by atoms with E-state index in [9.17, 15) is 0 Å². The van der Waals surface area contributed by atoms with E-state index in [1.807, 2.05) is 30.7 Å². The average molecular weight is 339 g/mol. The Kier molecular flexibility index (Phi) is 5.67. The minimum atomic E-state index is 0.607. The molecule has 0 amide bonds. The molecule has 1 atom stereocenters. The fourth-order valence-electron chi connectivity index (χ4n) is 3.43. The van der Waals surface area contributed by atoms with Crippen molar-refractivity contribution in [3.05, 3.63) is 41.5 Å². The molecule has 1 aliphatic rings. The lowest BCUT2D eigenvalue weighted by molar-refractivity contribution is 0.136. The Labute approximate surface area is 149 Å². The fourth-order valence-corrected chi connectivity index (χ4v) is 3.43. The second-order valence-electron chi connectivity index (χ2n) is 6.69. The van der Waals surface area contributed by atoms with Gasteiger partial charge in [-0.3, -0.25) is 4.90 Å². The molecule has 1 aromatic carbocycles. The molecule has 2 aromatic rings. The summed E-state index contributed by atoms with van der Waals surface area (Å²) in [6.07, 6.45) is 2.45. The Morgan fingerprint density at radius 2 is 2.24 bits per heavy atom. The summed E-state index contributed by atoms with van der Waals surface area (Å²) in [5.74, 6) is 3.21. The summed E-state index contributed by atoms with van der Waals surface area (Å²) in [4.78, 5) is 6.85. The van der Waals surface area contributed by atoms with Crippen molar-refractivity contribution in [2.45, 2.75) is 33.2 Å². The van der Waals surface area contributed by atoms with Crippen LogP contribution in [0.5, 0.6) is 5.75 Å². The molecule has 1 aliphatic heterocycles. The summed E-state index contributed by atoms with van der Waals surface area (Å²) in [6.45, 7) is 8.63. The van der Waals surface area contributed by atoms with Crippen LogP contribution in [0, 0.1) is 31.1 Å². The van der Waals surface area contributed by atoms with Crippen LogP contribution in [0.15, 0.2) is 24.3 Å². The van der Waals surface area contributed by atoms with Crippen LogP contribution in [0.3, 0.4) is 0 Å². The monoisotopic (exact) mass is 339 g/mol. The number of hydrogen-bond donors (Lipinski definition) is 0. The first kappa shape index (κ1) is 17.4. The van der Waals surface area contributed by atoms with Gasteiger partial charge in [0.2, 0.25) is 0 Å². The van der Waals surface area contributed by atoms with Crippen molar-refractivity contribution in [1.29, 1.82) is 5.26 Å². The molecular formula is C19H25N5O. The highest BCUT2D eigenvalue weighted by Crippen LogP contribution is 2.19. The van der Waals surface area contributed by atoms with Crippen molar-refractivity contribution in [3.63, 3.8) is 0 Å². The van der Waals surface area contributed by atoms with Crippen molar-refractivity contribution in [2.24, 2.45) is 5.92 Å². The number of likely N-dealkylation sites (tertiary alicyclic amines) is 1. The molecule has 1 saturated heterocycles. The number of benzene rings is 1.